The van der Waals surface area contributed by atoms with E-state index >= 15 is 0 Å². The van der Waals surface area contributed by atoms with Crippen molar-refractivity contribution in [1.82, 2.24) is 5.32 Å². The van der Waals surface area contributed by atoms with Crippen molar-refractivity contribution in [3.63, 3.8) is 0 Å². The van der Waals surface area contributed by atoms with E-state index in [0.29, 0.717) is 25.3 Å². The molecule has 4 nitrogen and oxygen atoms in total. The minimum absolute atomic E-state index is 0.150. The summed E-state index contributed by atoms with van der Waals surface area (Å²) in [5.41, 5.74) is 0.529. The lowest BCUT2D eigenvalue weighted by molar-refractivity contribution is 0.0922. The van der Waals surface area contributed by atoms with Crippen LogP contribution in [0.3, 0.4) is 0 Å². The summed E-state index contributed by atoms with van der Waals surface area (Å²) in [6, 6.07) is 3.76. The smallest absolute Gasteiger partial charge is 0.252 e. The Bertz CT molecular complexity index is 491. The molecule has 0 aromatic heterocycles. The van der Waals surface area contributed by atoms with Crippen LogP contribution in [0.5, 0.6) is 0 Å². The van der Waals surface area contributed by atoms with Crippen molar-refractivity contribution < 1.29 is 19.0 Å². The zero-order valence-corrected chi connectivity index (χ0v) is 10.7. The van der Waals surface area contributed by atoms with E-state index in [1.54, 1.807) is 0 Å². The Hall–Kier alpha value is -1.90. The third-order valence-electron chi connectivity index (χ3n) is 2.26. The molecule has 0 heterocycles. The molecule has 0 spiro atoms. The fraction of sp³-hybridized carbons (Fsp3) is 0.357. The largest absolute Gasteiger partial charge is 0.384 e. The molecular weight excluding hydrogens is 249 g/mol. The van der Waals surface area contributed by atoms with Crippen LogP contribution in [0.25, 0.3) is 0 Å². The second-order valence-electron chi connectivity index (χ2n) is 3.60. The summed E-state index contributed by atoms with van der Waals surface area (Å²) in [6.07, 6.45) is 0. The maximum atomic E-state index is 13.2. The van der Waals surface area contributed by atoms with E-state index < -0.39 is 11.7 Å². The van der Waals surface area contributed by atoms with Crippen molar-refractivity contribution in [3.8, 4) is 11.8 Å². The van der Waals surface area contributed by atoms with Gasteiger partial charge < -0.3 is 15.2 Å². The Balaban J connectivity index is 2.79. The van der Waals surface area contributed by atoms with E-state index in [1.165, 1.54) is 12.1 Å². The maximum Gasteiger partial charge on any atom is 0.252 e. The van der Waals surface area contributed by atoms with Gasteiger partial charge in [0, 0.05) is 18.7 Å². The molecule has 102 valence electrons. The van der Waals surface area contributed by atoms with Gasteiger partial charge in [0.25, 0.3) is 5.91 Å². The highest BCUT2D eigenvalue weighted by Crippen LogP contribution is 2.10. The number of carbonyl (C=O) groups is 1. The first-order valence-corrected chi connectivity index (χ1v) is 5.94. The van der Waals surface area contributed by atoms with Gasteiger partial charge in [0.15, 0.2) is 0 Å². The van der Waals surface area contributed by atoms with Crippen molar-refractivity contribution >= 4 is 5.91 Å². The van der Waals surface area contributed by atoms with E-state index in [-0.39, 0.29) is 12.2 Å². The summed E-state index contributed by atoms with van der Waals surface area (Å²) < 4.78 is 18.3. The fourth-order valence-corrected chi connectivity index (χ4v) is 1.42. The number of benzene rings is 1. The minimum atomic E-state index is -0.510. The highest BCUT2D eigenvalue weighted by molar-refractivity contribution is 5.96. The van der Waals surface area contributed by atoms with Crippen LogP contribution < -0.4 is 5.32 Å². The monoisotopic (exact) mass is 265 g/mol. The summed E-state index contributed by atoms with van der Waals surface area (Å²) in [5.74, 6) is 4.12. The van der Waals surface area contributed by atoms with Crippen molar-refractivity contribution in [3.05, 3.63) is 35.1 Å². The first-order valence-electron chi connectivity index (χ1n) is 5.94. The Labute approximate surface area is 111 Å². The van der Waals surface area contributed by atoms with E-state index in [2.05, 4.69) is 17.2 Å². The number of rotatable bonds is 5. The van der Waals surface area contributed by atoms with Crippen LogP contribution in [0.4, 0.5) is 4.39 Å². The number of aliphatic hydroxyl groups excluding tert-OH is 1. The maximum absolute atomic E-state index is 13.2. The summed E-state index contributed by atoms with van der Waals surface area (Å²) >= 11 is 0. The third-order valence-corrected chi connectivity index (χ3v) is 2.26. The Morgan fingerprint density at radius 1 is 1.53 bits per heavy atom. The molecule has 1 rings (SSSR count). The van der Waals surface area contributed by atoms with Crippen molar-refractivity contribution in [2.45, 2.75) is 6.92 Å². The predicted molar refractivity (Wildman–Crippen MR) is 69.2 cm³/mol. The van der Waals surface area contributed by atoms with Gasteiger partial charge in [0.05, 0.1) is 12.2 Å². The molecule has 2 N–H and O–H groups in total. The number of hydrogen-bond acceptors (Lipinski definition) is 3. The van der Waals surface area contributed by atoms with Gasteiger partial charge in [-0.25, -0.2) is 4.39 Å². The van der Waals surface area contributed by atoms with Gasteiger partial charge in [-0.1, -0.05) is 11.8 Å². The standard InChI is InChI=1S/C14H16FNO3/c1-2-19-9-7-16-14(18)13-10-12(15)6-5-11(13)4-3-8-17/h5-6,10,17H,2,7-9H2,1H3,(H,16,18). The molecule has 1 aromatic carbocycles. The number of carbonyl (C=O) groups excluding carboxylic acids is 1. The Morgan fingerprint density at radius 3 is 3.00 bits per heavy atom. The molecular formula is C14H16FNO3. The quantitative estimate of drug-likeness (QED) is 0.615. The van der Waals surface area contributed by atoms with Crippen LogP contribution in [0.1, 0.15) is 22.8 Å². The molecule has 0 aliphatic carbocycles. The second-order valence-corrected chi connectivity index (χ2v) is 3.60. The van der Waals surface area contributed by atoms with Crippen molar-refractivity contribution in [2.75, 3.05) is 26.4 Å². The highest BCUT2D eigenvalue weighted by atomic mass is 19.1. The van der Waals surface area contributed by atoms with Crippen LogP contribution in [0.2, 0.25) is 0 Å². The van der Waals surface area contributed by atoms with Crippen molar-refractivity contribution in [2.24, 2.45) is 0 Å². The van der Waals surface area contributed by atoms with Gasteiger partial charge in [-0.3, -0.25) is 4.79 Å². The van der Waals surface area contributed by atoms with Gasteiger partial charge in [-0.15, -0.1) is 0 Å². The number of hydrogen-bond donors (Lipinski definition) is 2. The van der Waals surface area contributed by atoms with E-state index in [1.807, 2.05) is 6.92 Å². The van der Waals surface area contributed by atoms with Crippen molar-refractivity contribution in [1.29, 1.82) is 0 Å². The predicted octanol–water partition coefficient (Wildman–Crippen LogP) is 0.936. The Kier molecular flexibility index (Phi) is 6.58. The van der Waals surface area contributed by atoms with E-state index in [4.69, 9.17) is 9.84 Å². The SMILES string of the molecule is CCOCCNC(=O)c1cc(F)ccc1C#CCO. The summed E-state index contributed by atoms with van der Waals surface area (Å²) in [4.78, 5) is 11.9. The normalized spacial score (nSPS) is 9.63. The molecule has 0 saturated heterocycles. The topological polar surface area (TPSA) is 58.6 Å². The average molecular weight is 265 g/mol. The Morgan fingerprint density at radius 2 is 2.32 bits per heavy atom. The van der Waals surface area contributed by atoms with Crippen LogP contribution in [0.15, 0.2) is 18.2 Å². The molecule has 0 radical (unpaired) electrons. The molecule has 0 bridgehead atoms. The number of halogens is 1. The first kappa shape index (κ1) is 15.2. The molecule has 1 aromatic rings. The second kappa shape index (κ2) is 8.25. The number of ether oxygens (including phenoxy) is 1. The number of nitrogens with one attached hydrogen (secondary N) is 1. The number of aliphatic hydroxyl groups is 1. The van der Waals surface area contributed by atoms with E-state index in [9.17, 15) is 9.18 Å². The first-order chi connectivity index (χ1) is 9.19. The zero-order valence-electron chi connectivity index (χ0n) is 10.7. The third kappa shape index (κ3) is 5.08. The fourth-order valence-electron chi connectivity index (χ4n) is 1.42. The molecule has 5 heteroatoms. The molecule has 0 unspecified atom stereocenters. The number of amides is 1. The van der Waals surface area contributed by atoms with Crippen LogP contribution in [-0.4, -0.2) is 37.4 Å². The molecule has 0 saturated carbocycles. The zero-order chi connectivity index (χ0) is 14.1. The lowest BCUT2D eigenvalue weighted by atomic mass is 10.1. The van der Waals surface area contributed by atoms with Crippen LogP contribution >= 0.6 is 0 Å². The highest BCUT2D eigenvalue weighted by Gasteiger charge is 2.10. The van der Waals surface area contributed by atoms with E-state index in [0.717, 1.165) is 6.07 Å². The molecule has 1 amide bonds. The molecule has 0 fully saturated rings. The minimum Gasteiger partial charge on any atom is -0.384 e. The average Bonchev–Trinajstić information content (AvgIpc) is 2.42. The van der Waals surface area contributed by atoms with Gasteiger partial charge in [-0.05, 0) is 25.1 Å². The van der Waals surface area contributed by atoms with Crippen LogP contribution in [-0.2, 0) is 4.74 Å². The summed E-state index contributed by atoms with van der Waals surface area (Å²) in [6.45, 7) is 2.86. The van der Waals surface area contributed by atoms with Gasteiger partial charge >= 0.3 is 0 Å². The van der Waals surface area contributed by atoms with Gasteiger partial charge in [0.1, 0.15) is 12.4 Å². The molecule has 0 aliphatic heterocycles. The lowest BCUT2D eigenvalue weighted by Gasteiger charge is -2.07. The molecule has 0 aliphatic rings. The van der Waals surface area contributed by atoms with Gasteiger partial charge in [0.2, 0.25) is 0 Å². The summed E-state index contributed by atoms with van der Waals surface area (Å²) in [7, 11) is 0. The summed E-state index contributed by atoms with van der Waals surface area (Å²) in [5, 5.41) is 11.3. The molecule has 0 atom stereocenters. The van der Waals surface area contributed by atoms with Crippen LogP contribution in [0, 0.1) is 17.7 Å². The lowest BCUT2D eigenvalue weighted by Crippen LogP contribution is -2.28. The molecule has 19 heavy (non-hydrogen) atoms. The van der Waals surface area contributed by atoms with Gasteiger partial charge in [-0.2, -0.15) is 0 Å².